The summed E-state index contributed by atoms with van der Waals surface area (Å²) in [6, 6.07) is -0.190. The third-order valence-corrected chi connectivity index (χ3v) is 7.35. The molecule has 10 atom stereocenters. The third-order valence-electron chi connectivity index (χ3n) is 7.35. The molecule has 2 saturated heterocycles. The fourth-order valence-corrected chi connectivity index (χ4v) is 5.12. The fraction of sp³-hybridized carbons (Fsp3) is 0.920. The molecular weight excluding hydrogens is 440 g/mol. The second-order valence-corrected chi connectivity index (χ2v) is 10.8. The van der Waals surface area contributed by atoms with E-state index in [2.05, 4.69) is 12.2 Å². The number of aliphatic hydroxyl groups is 1. The molecule has 0 spiro atoms. The third kappa shape index (κ3) is 6.98. The predicted molar refractivity (Wildman–Crippen MR) is 128 cm³/mol. The molecule has 2 heterocycles. The summed E-state index contributed by atoms with van der Waals surface area (Å²) in [4.78, 5) is 28.0. The topological polar surface area (TPSA) is 107 Å². The highest BCUT2D eigenvalue weighted by atomic mass is 16.7. The molecule has 0 saturated carbocycles. The zero-order valence-corrected chi connectivity index (χ0v) is 22.4. The standard InChI is InChI=1S/C25H46N2O7/c1-14-11-25(6,31-9)22(34-24-21(29)19(27(7)8)10-16(3)33-24)17(4)20(28)18(5)23(30)32-13-15(2)26-12-14/h14-19,21-22,24,26,29H,10-13H2,1-9H3/t14-,15+,16?,17+,18-,19?,21?,22-,24+,25-/m1/s1. The molecule has 0 aromatic carbocycles. The van der Waals surface area contributed by atoms with Gasteiger partial charge in [-0.25, -0.2) is 0 Å². The van der Waals surface area contributed by atoms with Gasteiger partial charge in [-0.1, -0.05) is 13.8 Å². The molecule has 0 aromatic heterocycles. The van der Waals surface area contributed by atoms with Crippen LogP contribution in [0.15, 0.2) is 0 Å². The Bertz CT molecular complexity index is 690. The van der Waals surface area contributed by atoms with Crippen molar-refractivity contribution in [2.75, 3.05) is 34.4 Å². The van der Waals surface area contributed by atoms with Gasteiger partial charge >= 0.3 is 5.97 Å². The van der Waals surface area contributed by atoms with Crippen molar-refractivity contribution in [3.63, 3.8) is 0 Å². The number of hydrogen-bond donors (Lipinski definition) is 2. The maximum Gasteiger partial charge on any atom is 0.316 e. The number of carbonyl (C=O) groups is 2. The van der Waals surface area contributed by atoms with Crippen LogP contribution in [0.25, 0.3) is 0 Å². The number of likely N-dealkylation sites (N-methyl/N-ethyl adjacent to an activating group) is 1. The van der Waals surface area contributed by atoms with Crippen LogP contribution in [0.3, 0.4) is 0 Å². The normalized spacial score (nSPS) is 43.6. The number of rotatable bonds is 4. The van der Waals surface area contributed by atoms with E-state index < -0.39 is 41.9 Å². The van der Waals surface area contributed by atoms with E-state index in [4.69, 9.17) is 18.9 Å². The number of methoxy groups -OCH3 is 1. The lowest BCUT2D eigenvalue weighted by atomic mass is 9.78. The minimum Gasteiger partial charge on any atom is -0.464 e. The van der Waals surface area contributed by atoms with Crippen molar-refractivity contribution in [1.29, 1.82) is 0 Å². The summed E-state index contributed by atoms with van der Waals surface area (Å²) >= 11 is 0. The highest BCUT2D eigenvalue weighted by Gasteiger charge is 2.48. The van der Waals surface area contributed by atoms with Gasteiger partial charge in [0.2, 0.25) is 0 Å². The van der Waals surface area contributed by atoms with Crippen molar-refractivity contribution in [1.82, 2.24) is 10.2 Å². The zero-order chi connectivity index (χ0) is 25.8. The van der Waals surface area contributed by atoms with Gasteiger partial charge in [0.15, 0.2) is 12.1 Å². The first kappa shape index (κ1) is 29.1. The van der Waals surface area contributed by atoms with Gasteiger partial charge in [0.1, 0.15) is 18.6 Å². The maximum atomic E-state index is 13.4. The number of nitrogens with zero attached hydrogens (tertiary/aromatic N) is 1. The van der Waals surface area contributed by atoms with E-state index in [0.29, 0.717) is 19.4 Å². The molecule has 0 bridgehead atoms. The summed E-state index contributed by atoms with van der Waals surface area (Å²) in [5.74, 6) is -2.30. The smallest absolute Gasteiger partial charge is 0.316 e. The molecule has 34 heavy (non-hydrogen) atoms. The summed E-state index contributed by atoms with van der Waals surface area (Å²) < 4.78 is 23.9. The minimum atomic E-state index is -0.946. The van der Waals surface area contributed by atoms with E-state index in [1.165, 1.54) is 0 Å². The van der Waals surface area contributed by atoms with Crippen LogP contribution < -0.4 is 5.32 Å². The van der Waals surface area contributed by atoms with Gasteiger partial charge in [-0.05, 0) is 67.1 Å². The lowest BCUT2D eigenvalue weighted by Gasteiger charge is -2.46. The molecule has 9 nitrogen and oxygen atoms in total. The van der Waals surface area contributed by atoms with Crippen LogP contribution in [-0.2, 0) is 28.5 Å². The number of cyclic esters (lactones) is 1. The maximum absolute atomic E-state index is 13.4. The average molecular weight is 487 g/mol. The summed E-state index contributed by atoms with van der Waals surface area (Å²) in [6.45, 7) is 12.1. The van der Waals surface area contributed by atoms with Gasteiger partial charge in [0, 0.05) is 25.1 Å². The van der Waals surface area contributed by atoms with Gasteiger partial charge in [-0.15, -0.1) is 0 Å². The Hall–Kier alpha value is -1.10. The van der Waals surface area contributed by atoms with Crippen LogP contribution in [0, 0.1) is 17.8 Å². The predicted octanol–water partition coefficient (Wildman–Crippen LogP) is 1.61. The first-order valence-corrected chi connectivity index (χ1v) is 12.4. The van der Waals surface area contributed by atoms with Crippen molar-refractivity contribution in [3.05, 3.63) is 0 Å². The average Bonchev–Trinajstić information content (AvgIpc) is 2.79. The molecule has 2 aliphatic rings. The van der Waals surface area contributed by atoms with Gasteiger partial charge in [-0.2, -0.15) is 0 Å². The second kappa shape index (κ2) is 12.2. The highest BCUT2D eigenvalue weighted by molar-refractivity contribution is 5.99. The molecule has 198 valence electrons. The Labute approximate surface area is 204 Å². The number of carbonyl (C=O) groups excluding carboxylic acids is 2. The molecule has 3 unspecified atom stereocenters. The molecule has 0 aromatic rings. The lowest BCUT2D eigenvalue weighted by molar-refractivity contribution is -0.295. The van der Waals surface area contributed by atoms with Gasteiger partial charge in [-0.3, -0.25) is 9.59 Å². The number of aliphatic hydroxyl groups excluding tert-OH is 1. The molecule has 0 radical (unpaired) electrons. The van der Waals surface area contributed by atoms with Crippen LogP contribution in [0.4, 0.5) is 0 Å². The summed E-state index contributed by atoms with van der Waals surface area (Å²) in [7, 11) is 5.43. The second-order valence-electron chi connectivity index (χ2n) is 10.8. The molecule has 0 amide bonds. The molecule has 2 rings (SSSR count). The van der Waals surface area contributed by atoms with Crippen molar-refractivity contribution in [3.8, 4) is 0 Å². The molecule has 0 aliphatic carbocycles. The number of ketones is 1. The largest absolute Gasteiger partial charge is 0.464 e. The van der Waals surface area contributed by atoms with E-state index in [1.54, 1.807) is 21.0 Å². The molecule has 2 N–H and O–H groups in total. The molecule has 2 fully saturated rings. The quantitative estimate of drug-likeness (QED) is 0.453. The summed E-state index contributed by atoms with van der Waals surface area (Å²) in [6.07, 6.45) is -1.45. The number of esters is 1. The molecular formula is C25H46N2O7. The number of hydrogen-bond acceptors (Lipinski definition) is 9. The SMILES string of the molecule is CO[C@]1(C)C[C@@H](C)CN[C@@H](C)COC(=O)[C@H](C)C(=O)[C@H](C)[C@H]1O[C@@H]1OC(C)CC(N(C)C)C1O. The van der Waals surface area contributed by atoms with Crippen molar-refractivity contribution >= 4 is 11.8 Å². The van der Waals surface area contributed by atoms with Gasteiger partial charge < -0.3 is 34.3 Å². The van der Waals surface area contributed by atoms with E-state index in [-0.39, 0.29) is 36.5 Å². The van der Waals surface area contributed by atoms with Crippen molar-refractivity contribution in [2.24, 2.45) is 17.8 Å². The number of Topliss-reactive ketones (excluding diaryl/α,β-unsaturated/α-hetero) is 1. The Morgan fingerprint density at radius 2 is 1.79 bits per heavy atom. The van der Waals surface area contributed by atoms with Crippen molar-refractivity contribution in [2.45, 2.75) is 96.7 Å². The van der Waals surface area contributed by atoms with Crippen molar-refractivity contribution < 1.29 is 33.6 Å². The Kier molecular flexibility index (Phi) is 10.5. The van der Waals surface area contributed by atoms with Gasteiger partial charge in [0.25, 0.3) is 0 Å². The van der Waals surface area contributed by atoms with Crippen LogP contribution >= 0.6 is 0 Å². The first-order chi connectivity index (χ1) is 15.8. The highest BCUT2D eigenvalue weighted by Crippen LogP contribution is 2.36. The lowest BCUT2D eigenvalue weighted by Crippen LogP contribution is -2.59. The van der Waals surface area contributed by atoms with Crippen LogP contribution in [0.5, 0.6) is 0 Å². The monoisotopic (exact) mass is 486 g/mol. The van der Waals surface area contributed by atoms with E-state index in [1.807, 2.05) is 39.8 Å². The first-order valence-electron chi connectivity index (χ1n) is 12.4. The summed E-state index contributed by atoms with van der Waals surface area (Å²) in [5, 5.41) is 14.5. The van der Waals surface area contributed by atoms with E-state index >= 15 is 0 Å². The number of nitrogens with one attached hydrogen (secondary N) is 1. The van der Waals surface area contributed by atoms with Crippen LogP contribution in [-0.4, -0.2) is 98.4 Å². The van der Waals surface area contributed by atoms with E-state index in [9.17, 15) is 14.7 Å². The Morgan fingerprint density at radius 1 is 1.15 bits per heavy atom. The molecule has 2 aliphatic heterocycles. The van der Waals surface area contributed by atoms with Crippen LogP contribution in [0.2, 0.25) is 0 Å². The zero-order valence-electron chi connectivity index (χ0n) is 22.4. The van der Waals surface area contributed by atoms with Gasteiger partial charge in [0.05, 0.1) is 17.8 Å². The Balaban J connectivity index is 2.43. The van der Waals surface area contributed by atoms with Crippen LogP contribution in [0.1, 0.15) is 54.4 Å². The fourth-order valence-electron chi connectivity index (χ4n) is 5.12. The van der Waals surface area contributed by atoms with E-state index in [0.717, 1.165) is 0 Å². The minimum absolute atomic E-state index is 0.0389. The summed E-state index contributed by atoms with van der Waals surface area (Å²) in [5.41, 5.74) is -0.867. The Morgan fingerprint density at radius 3 is 2.38 bits per heavy atom. The molecule has 9 heteroatoms. The number of ether oxygens (including phenoxy) is 4.